The molecular formula is C13H19Cl2N. The molecule has 1 aromatic rings. The van der Waals surface area contributed by atoms with Crippen molar-refractivity contribution in [1.29, 1.82) is 0 Å². The molecule has 90 valence electrons. The number of nitrogens with one attached hydrogen (secondary N) is 1. The third kappa shape index (κ3) is 3.38. The van der Waals surface area contributed by atoms with Crippen LogP contribution in [0.4, 0.5) is 0 Å². The minimum atomic E-state index is 0. The molecule has 0 aromatic heterocycles. The van der Waals surface area contributed by atoms with E-state index in [1.807, 2.05) is 18.2 Å². The zero-order chi connectivity index (χ0) is 10.7. The van der Waals surface area contributed by atoms with Gasteiger partial charge in [0.1, 0.15) is 0 Å². The molecule has 0 radical (unpaired) electrons. The summed E-state index contributed by atoms with van der Waals surface area (Å²) in [5.74, 6) is 0. The monoisotopic (exact) mass is 259 g/mol. The molecule has 1 nitrogen and oxygen atoms in total. The molecule has 1 saturated carbocycles. The average molecular weight is 260 g/mol. The molecule has 0 aliphatic heterocycles. The van der Waals surface area contributed by atoms with Gasteiger partial charge in [-0.15, -0.1) is 12.4 Å². The largest absolute Gasteiger partial charge is 0.312 e. The molecule has 16 heavy (non-hydrogen) atoms. The van der Waals surface area contributed by atoms with Crippen molar-refractivity contribution in [2.75, 3.05) is 6.54 Å². The second-order valence-electron chi connectivity index (χ2n) is 4.55. The summed E-state index contributed by atoms with van der Waals surface area (Å²) in [4.78, 5) is 0. The predicted molar refractivity (Wildman–Crippen MR) is 72.4 cm³/mol. The number of halogens is 2. The van der Waals surface area contributed by atoms with Gasteiger partial charge in [-0.1, -0.05) is 36.7 Å². The topological polar surface area (TPSA) is 12.0 Å². The number of hydrogen-bond acceptors (Lipinski definition) is 1. The normalized spacial score (nSPS) is 16.6. The lowest BCUT2D eigenvalue weighted by atomic mass is 10.0. The maximum Gasteiger partial charge on any atom is 0.0450 e. The zero-order valence-electron chi connectivity index (χ0n) is 9.63. The van der Waals surface area contributed by atoms with Crippen molar-refractivity contribution in [3.8, 4) is 0 Å². The highest BCUT2D eigenvalue weighted by Crippen LogP contribution is 2.47. The van der Waals surface area contributed by atoms with Gasteiger partial charge in [0.2, 0.25) is 0 Å². The van der Waals surface area contributed by atoms with E-state index >= 15 is 0 Å². The minimum Gasteiger partial charge on any atom is -0.312 e. The standard InChI is InChI=1S/C13H18ClN.ClH/c1-2-13(7-8-13)10-15-9-11-5-3-4-6-12(11)14;/h3-6,15H,2,7-10H2,1H3;1H. The van der Waals surface area contributed by atoms with Gasteiger partial charge in [0.15, 0.2) is 0 Å². The summed E-state index contributed by atoms with van der Waals surface area (Å²) in [6.07, 6.45) is 4.07. The first kappa shape index (κ1) is 13.8. The summed E-state index contributed by atoms with van der Waals surface area (Å²) in [7, 11) is 0. The van der Waals surface area contributed by atoms with Gasteiger partial charge in [-0.25, -0.2) is 0 Å². The lowest BCUT2D eigenvalue weighted by Crippen LogP contribution is -2.23. The smallest absolute Gasteiger partial charge is 0.0450 e. The van der Waals surface area contributed by atoms with Crippen LogP contribution in [-0.4, -0.2) is 6.54 Å². The fourth-order valence-corrected chi connectivity index (χ4v) is 2.14. The molecule has 1 aliphatic carbocycles. The molecule has 0 spiro atoms. The van der Waals surface area contributed by atoms with Gasteiger partial charge in [0.25, 0.3) is 0 Å². The van der Waals surface area contributed by atoms with Crippen LogP contribution in [-0.2, 0) is 6.54 Å². The van der Waals surface area contributed by atoms with Crippen LogP contribution in [0.2, 0.25) is 5.02 Å². The first-order valence-corrected chi connectivity index (χ1v) is 6.08. The van der Waals surface area contributed by atoms with Gasteiger partial charge < -0.3 is 5.32 Å². The molecule has 1 N–H and O–H groups in total. The predicted octanol–water partition coefficient (Wildman–Crippen LogP) is 4.04. The number of benzene rings is 1. The van der Waals surface area contributed by atoms with E-state index in [1.54, 1.807) is 0 Å². The van der Waals surface area contributed by atoms with Crippen molar-refractivity contribution in [2.24, 2.45) is 5.41 Å². The first-order chi connectivity index (χ1) is 7.26. The molecule has 0 atom stereocenters. The SMILES string of the molecule is CCC1(CNCc2ccccc2Cl)CC1.Cl. The molecule has 1 aliphatic rings. The average Bonchev–Trinajstić information content (AvgIpc) is 3.02. The Bertz CT molecular complexity index is 334. The number of hydrogen-bond donors (Lipinski definition) is 1. The summed E-state index contributed by atoms with van der Waals surface area (Å²) in [5, 5.41) is 4.38. The van der Waals surface area contributed by atoms with Crippen LogP contribution in [0.1, 0.15) is 31.7 Å². The van der Waals surface area contributed by atoms with Crippen molar-refractivity contribution in [2.45, 2.75) is 32.7 Å². The van der Waals surface area contributed by atoms with Crippen LogP contribution in [0.5, 0.6) is 0 Å². The molecule has 1 aromatic carbocycles. The lowest BCUT2D eigenvalue weighted by molar-refractivity contribution is 0.443. The maximum atomic E-state index is 6.08. The van der Waals surface area contributed by atoms with Crippen molar-refractivity contribution < 1.29 is 0 Å². The maximum absolute atomic E-state index is 6.08. The zero-order valence-corrected chi connectivity index (χ0v) is 11.2. The molecule has 2 rings (SSSR count). The Labute approximate surface area is 109 Å². The van der Waals surface area contributed by atoms with Crippen LogP contribution in [0.3, 0.4) is 0 Å². The van der Waals surface area contributed by atoms with Gasteiger partial charge in [-0.05, 0) is 36.3 Å². The lowest BCUT2D eigenvalue weighted by Gasteiger charge is -2.13. The molecule has 0 bridgehead atoms. The Balaban J connectivity index is 0.00000128. The Morgan fingerprint density at radius 3 is 2.56 bits per heavy atom. The van der Waals surface area contributed by atoms with Crippen molar-refractivity contribution >= 4 is 24.0 Å². The Morgan fingerprint density at radius 1 is 1.31 bits per heavy atom. The fraction of sp³-hybridized carbons (Fsp3) is 0.538. The highest BCUT2D eigenvalue weighted by atomic mass is 35.5. The van der Waals surface area contributed by atoms with Gasteiger partial charge in [0.05, 0.1) is 0 Å². The van der Waals surface area contributed by atoms with Crippen LogP contribution in [0.25, 0.3) is 0 Å². The molecule has 0 saturated heterocycles. The van der Waals surface area contributed by atoms with E-state index in [2.05, 4.69) is 18.3 Å². The van der Waals surface area contributed by atoms with Crippen LogP contribution in [0.15, 0.2) is 24.3 Å². The highest BCUT2D eigenvalue weighted by Gasteiger charge is 2.39. The first-order valence-electron chi connectivity index (χ1n) is 5.70. The second kappa shape index (κ2) is 5.90. The van der Waals surface area contributed by atoms with Crippen molar-refractivity contribution in [1.82, 2.24) is 5.32 Å². The van der Waals surface area contributed by atoms with E-state index in [9.17, 15) is 0 Å². The quantitative estimate of drug-likeness (QED) is 0.842. The Kier molecular flexibility index (Phi) is 5.10. The Hall–Kier alpha value is -0.240. The Morgan fingerprint density at radius 2 is 2.00 bits per heavy atom. The van der Waals surface area contributed by atoms with E-state index in [-0.39, 0.29) is 12.4 Å². The van der Waals surface area contributed by atoms with Gasteiger partial charge in [-0.3, -0.25) is 0 Å². The molecule has 0 heterocycles. The number of rotatable bonds is 5. The molecule has 0 unspecified atom stereocenters. The van der Waals surface area contributed by atoms with Crippen molar-refractivity contribution in [3.63, 3.8) is 0 Å². The van der Waals surface area contributed by atoms with Gasteiger partial charge in [-0.2, -0.15) is 0 Å². The van der Waals surface area contributed by atoms with E-state index in [0.717, 1.165) is 18.1 Å². The van der Waals surface area contributed by atoms with Gasteiger partial charge >= 0.3 is 0 Å². The molecule has 0 amide bonds. The van der Waals surface area contributed by atoms with Crippen LogP contribution < -0.4 is 5.32 Å². The summed E-state index contributed by atoms with van der Waals surface area (Å²) >= 11 is 6.08. The van der Waals surface area contributed by atoms with E-state index < -0.39 is 0 Å². The summed E-state index contributed by atoms with van der Waals surface area (Å²) in [5.41, 5.74) is 1.81. The fourth-order valence-electron chi connectivity index (χ4n) is 1.94. The molecule has 3 heteroatoms. The summed E-state index contributed by atoms with van der Waals surface area (Å²) in [6, 6.07) is 8.04. The third-order valence-electron chi connectivity index (χ3n) is 3.48. The van der Waals surface area contributed by atoms with E-state index in [0.29, 0.717) is 5.41 Å². The molecular weight excluding hydrogens is 241 g/mol. The van der Waals surface area contributed by atoms with E-state index in [4.69, 9.17) is 11.6 Å². The molecule has 1 fully saturated rings. The van der Waals surface area contributed by atoms with Gasteiger partial charge in [0, 0.05) is 18.1 Å². The summed E-state index contributed by atoms with van der Waals surface area (Å²) < 4.78 is 0. The van der Waals surface area contributed by atoms with Crippen LogP contribution >= 0.6 is 24.0 Å². The van der Waals surface area contributed by atoms with E-state index in [1.165, 1.54) is 24.8 Å². The van der Waals surface area contributed by atoms with Crippen LogP contribution in [0, 0.1) is 5.41 Å². The van der Waals surface area contributed by atoms with Crippen molar-refractivity contribution in [3.05, 3.63) is 34.9 Å². The minimum absolute atomic E-state index is 0. The highest BCUT2D eigenvalue weighted by molar-refractivity contribution is 6.31. The second-order valence-corrected chi connectivity index (χ2v) is 4.96. The summed E-state index contributed by atoms with van der Waals surface area (Å²) in [6.45, 7) is 4.31. The third-order valence-corrected chi connectivity index (χ3v) is 3.85.